The van der Waals surface area contributed by atoms with E-state index in [1.165, 1.54) is 57.8 Å². The van der Waals surface area contributed by atoms with Gasteiger partial charge in [0, 0.05) is 99.7 Å². The van der Waals surface area contributed by atoms with Crippen molar-refractivity contribution in [3.63, 3.8) is 0 Å². The Kier molecular flexibility index (Phi) is 12.6. The van der Waals surface area contributed by atoms with Crippen molar-refractivity contribution in [3.8, 4) is 0 Å². The van der Waals surface area contributed by atoms with Gasteiger partial charge < -0.3 is 68.2 Å². The molecular formula is C62H61N5O13. The lowest BCUT2D eigenvalue weighted by molar-refractivity contribution is -0.287. The summed E-state index contributed by atoms with van der Waals surface area (Å²) in [7, 11) is 5.23. The first-order valence-corrected chi connectivity index (χ1v) is 26.6. The van der Waals surface area contributed by atoms with Crippen LogP contribution in [0.1, 0.15) is 84.5 Å². The summed E-state index contributed by atoms with van der Waals surface area (Å²) in [5.74, 6) is -2.81. The molecule has 1 aliphatic carbocycles. The number of ether oxygens (including phenoxy) is 6. The van der Waals surface area contributed by atoms with Gasteiger partial charge >= 0.3 is 11.9 Å². The Bertz CT molecular complexity index is 4260. The van der Waals surface area contributed by atoms with Crippen molar-refractivity contribution < 1.29 is 62.9 Å². The highest BCUT2D eigenvalue weighted by Crippen LogP contribution is 2.58. The molecule has 80 heavy (non-hydrogen) atoms. The predicted molar refractivity (Wildman–Crippen MR) is 302 cm³/mol. The molecule has 5 aliphatic rings. The third-order valence-corrected chi connectivity index (χ3v) is 17.2. The fraction of sp³-hybridized carbons (Fsp3) is 0.323. The molecule has 412 valence electrons. The fourth-order valence-corrected chi connectivity index (χ4v) is 13.1. The first-order valence-electron chi connectivity index (χ1n) is 26.6. The normalized spacial score (nSPS) is 24.6. The number of aliphatic hydroxyl groups excluding tert-OH is 1. The Morgan fingerprint density at radius 3 is 1.89 bits per heavy atom. The number of fused-ring (bicyclic) bond motifs is 23. The minimum absolute atomic E-state index is 0.0146. The molecule has 0 spiro atoms. The summed E-state index contributed by atoms with van der Waals surface area (Å²) >= 11 is 0. The van der Waals surface area contributed by atoms with Crippen molar-refractivity contribution >= 4 is 111 Å². The van der Waals surface area contributed by atoms with E-state index in [0.29, 0.717) is 18.5 Å². The molecule has 2 saturated heterocycles. The number of amides is 1. The number of para-hydroxylation sites is 4. The van der Waals surface area contributed by atoms with E-state index in [0.717, 1.165) is 100 Å². The maximum absolute atomic E-state index is 13.2. The number of nitrogens with zero attached hydrogens (tertiary/aromatic N) is 2. The van der Waals surface area contributed by atoms with Gasteiger partial charge in [-0.3, -0.25) is 9.59 Å². The maximum Gasteiger partial charge on any atom is 0.343 e. The van der Waals surface area contributed by atoms with Crippen LogP contribution in [0.25, 0.3) is 87.2 Å². The number of aromatic amines is 2. The van der Waals surface area contributed by atoms with Gasteiger partial charge in [0.1, 0.15) is 6.23 Å². The minimum atomic E-state index is -1.93. The summed E-state index contributed by atoms with van der Waals surface area (Å²) in [5, 5.41) is 42.1. The third kappa shape index (κ3) is 7.22. The van der Waals surface area contributed by atoms with Gasteiger partial charge in [-0.2, -0.15) is 0 Å². The summed E-state index contributed by atoms with van der Waals surface area (Å²) < 4.78 is 35.6. The van der Waals surface area contributed by atoms with Crippen molar-refractivity contribution in [2.75, 3.05) is 28.4 Å². The molecule has 15 rings (SSSR count). The summed E-state index contributed by atoms with van der Waals surface area (Å²) in [4.78, 5) is 57.7. The Hall–Kier alpha value is -7.94. The number of Topliss-reactive ketones (excluding diaryl/α,β-unsaturated/α-hetero) is 1. The number of H-pyrrole nitrogens is 2. The monoisotopic (exact) mass is 1080 g/mol. The van der Waals surface area contributed by atoms with Gasteiger partial charge in [0.25, 0.3) is 5.91 Å². The van der Waals surface area contributed by atoms with Crippen LogP contribution < -0.4 is 5.32 Å². The Morgan fingerprint density at radius 2 is 1.29 bits per heavy atom. The second-order valence-corrected chi connectivity index (χ2v) is 21.2. The molecule has 2 bridgehead atoms. The van der Waals surface area contributed by atoms with Gasteiger partial charge in [0.05, 0.1) is 59.0 Å². The number of aryl methyl sites for hydroxylation is 1. The molecule has 6 N–H and O–H groups in total. The second-order valence-electron chi connectivity index (χ2n) is 21.2. The van der Waals surface area contributed by atoms with E-state index < -0.39 is 47.2 Å². The van der Waals surface area contributed by atoms with E-state index >= 15 is 0 Å². The largest absolute Gasteiger partial charge is 0.467 e. The first kappa shape index (κ1) is 52.7. The molecule has 0 radical (unpaired) electrons. The number of ketones is 1. The summed E-state index contributed by atoms with van der Waals surface area (Å²) in [6, 6.07) is 32.4. The molecule has 6 aromatic carbocycles. The highest BCUT2D eigenvalue weighted by atomic mass is 16.8. The third-order valence-electron chi connectivity index (χ3n) is 17.2. The van der Waals surface area contributed by atoms with Crippen LogP contribution in [0, 0.1) is 0 Å². The van der Waals surface area contributed by atoms with E-state index in [2.05, 4.69) is 61.5 Å². The fourth-order valence-electron chi connectivity index (χ4n) is 13.1. The molecule has 1 unspecified atom stereocenters. The molecule has 1 amide bonds. The number of aromatic nitrogens is 4. The zero-order chi connectivity index (χ0) is 56.4. The van der Waals surface area contributed by atoms with Crippen LogP contribution >= 0.6 is 0 Å². The molecule has 18 heteroatoms. The van der Waals surface area contributed by atoms with Gasteiger partial charge in [-0.1, -0.05) is 85.8 Å². The number of benzene rings is 6. The molecule has 4 aromatic heterocycles. The van der Waals surface area contributed by atoms with Gasteiger partial charge in [0.15, 0.2) is 17.8 Å². The van der Waals surface area contributed by atoms with Crippen LogP contribution in [0.2, 0.25) is 0 Å². The summed E-state index contributed by atoms with van der Waals surface area (Å²) in [6.07, 6.45) is 2.09. The van der Waals surface area contributed by atoms with Gasteiger partial charge in [-0.05, 0) is 62.1 Å². The summed E-state index contributed by atoms with van der Waals surface area (Å²) in [5.41, 5.74) is 6.36. The van der Waals surface area contributed by atoms with Crippen LogP contribution in [-0.4, -0.2) is 116 Å². The topological polar surface area (TPSA) is 238 Å². The molecule has 8 heterocycles. The molecule has 0 saturated carbocycles. The van der Waals surface area contributed by atoms with Gasteiger partial charge in [-0.25, -0.2) is 9.59 Å². The van der Waals surface area contributed by atoms with Crippen LogP contribution in [0.4, 0.5) is 0 Å². The standard InChI is InChI=1S/C27H21N3O5.C21H14N2O.C9H16O6.C5H10O/c1-26-27(33,25(32)34-2)11-18(35-26)29-16-9-5-3-7-13(16)20-21-15(12-28-24(21)31)19-14-8-4-6-10-17(14)30(26)23(19)22(20)29;24-16-10-9-13-17-11-5-1-3-7-14(11)22-20(17)21-19(18(13)16)12-6-2-4-8-15(12)23-21;1-8(14-4)9(11,7(10)13-3)5-6(12-2)15-8;1-3-5(6)4-2/h3-10,18,33H,11-12H2,1-2H3,(H,28,31);1-8,22-23H,9-10H2;6,11H,5H2,1-4H3;3,5-6H,1,4H2,2H3/t18-,26+,27+;;6?,8-,9+;5-/m1.10/s1. The zero-order valence-corrected chi connectivity index (χ0v) is 45.3. The van der Waals surface area contributed by atoms with Crippen LogP contribution in [0.5, 0.6) is 0 Å². The Labute approximate surface area is 457 Å². The highest BCUT2D eigenvalue weighted by molar-refractivity contribution is 6.32. The second kappa shape index (κ2) is 19.1. The lowest BCUT2D eigenvalue weighted by Gasteiger charge is -2.37. The van der Waals surface area contributed by atoms with E-state index in [4.69, 9.17) is 28.8 Å². The van der Waals surface area contributed by atoms with Crippen LogP contribution in [0.3, 0.4) is 0 Å². The average Bonchev–Trinajstić information content (AvgIpc) is 3.57. The van der Waals surface area contributed by atoms with Gasteiger partial charge in [-0.15, -0.1) is 6.58 Å². The van der Waals surface area contributed by atoms with E-state index in [1.807, 2.05) is 78.2 Å². The number of nitrogens with one attached hydrogen (secondary N) is 3. The lowest BCUT2D eigenvalue weighted by Crippen LogP contribution is -2.56. The average molecular weight is 1080 g/mol. The summed E-state index contributed by atoms with van der Waals surface area (Å²) in [6.45, 7) is 8.92. The number of hydrogen-bond acceptors (Lipinski definition) is 13. The number of carbonyl (C=O) groups is 4. The molecule has 2 fully saturated rings. The van der Waals surface area contributed by atoms with Crippen molar-refractivity contribution in [2.45, 2.75) is 101 Å². The van der Waals surface area contributed by atoms with Crippen LogP contribution in [0.15, 0.2) is 110 Å². The molecule has 7 atom stereocenters. The quantitative estimate of drug-likeness (QED) is 0.0673. The number of rotatable bonds is 6. The lowest BCUT2D eigenvalue weighted by atomic mass is 9.88. The number of esters is 2. The van der Waals surface area contributed by atoms with E-state index in [-0.39, 0.29) is 30.6 Å². The molecule has 4 aliphatic heterocycles. The Morgan fingerprint density at radius 1 is 0.713 bits per heavy atom. The number of methoxy groups -OCH3 is 4. The number of aliphatic hydroxyl groups is 3. The van der Waals surface area contributed by atoms with E-state index in [1.54, 1.807) is 6.92 Å². The number of carbonyl (C=O) groups excluding carboxylic acids is 4. The Balaban J connectivity index is 0.000000122. The predicted octanol–water partition coefficient (Wildman–Crippen LogP) is 9.33. The van der Waals surface area contributed by atoms with Crippen molar-refractivity contribution in [1.29, 1.82) is 0 Å². The number of hydrogen-bond donors (Lipinski definition) is 6. The molecule has 18 nitrogen and oxygen atoms in total. The van der Waals surface area contributed by atoms with Crippen molar-refractivity contribution in [1.82, 2.24) is 24.4 Å². The molecular weight excluding hydrogens is 1020 g/mol. The van der Waals surface area contributed by atoms with E-state index in [9.17, 15) is 29.4 Å². The molecule has 10 aromatic rings. The first-order chi connectivity index (χ1) is 38.5. The van der Waals surface area contributed by atoms with Crippen LogP contribution in [-0.2, 0) is 56.7 Å². The van der Waals surface area contributed by atoms with Gasteiger partial charge in [0.2, 0.25) is 17.0 Å². The zero-order valence-electron chi connectivity index (χ0n) is 45.3. The smallest absolute Gasteiger partial charge is 0.343 e. The van der Waals surface area contributed by atoms with Crippen molar-refractivity contribution in [2.24, 2.45) is 0 Å². The highest BCUT2D eigenvalue weighted by Gasteiger charge is 2.66. The maximum atomic E-state index is 13.2. The minimum Gasteiger partial charge on any atom is -0.467 e. The SMILES string of the molecule is C=C[C@H](O)CC.COC(=O)[C@@]1(O)CC(OC)O[C@@]1(C)OC.COC(=O)[C@@]1(O)C[C@H]2O[C@]1(C)n1c3ccccc3c3c4c(c5c6ccccc6n2c5c31)C(=O)NC4.O=C1CCc2c1c1c3ccccc3[nH]c1c1[nH]c3ccccc3c21. The van der Waals surface area contributed by atoms with Crippen molar-refractivity contribution in [3.05, 3.63) is 132 Å².